The number of nitrogens with one attached hydrogen (secondary N) is 1. The predicted molar refractivity (Wildman–Crippen MR) is 91.3 cm³/mol. The second-order valence-electron chi connectivity index (χ2n) is 6.59. The lowest BCUT2D eigenvalue weighted by Gasteiger charge is -2.38. The average Bonchev–Trinajstić information content (AvgIpc) is 3.04. The molecule has 1 aromatic carbocycles. The van der Waals surface area contributed by atoms with Crippen molar-refractivity contribution in [3.05, 3.63) is 24.3 Å². The SMILES string of the molecule is CCNC1CCN(c2ccc(N3CCCC3)cc2)CC1C. The van der Waals surface area contributed by atoms with Gasteiger partial charge in [-0.05, 0) is 56.0 Å². The summed E-state index contributed by atoms with van der Waals surface area (Å²) < 4.78 is 0. The molecule has 3 heteroatoms. The van der Waals surface area contributed by atoms with Gasteiger partial charge in [0, 0.05) is 43.6 Å². The van der Waals surface area contributed by atoms with Crippen molar-refractivity contribution in [3.63, 3.8) is 0 Å². The van der Waals surface area contributed by atoms with Crippen molar-refractivity contribution in [1.29, 1.82) is 0 Å². The standard InChI is InChI=1S/C18H29N3/c1-3-19-18-10-13-21(14-15(18)2)17-8-6-16(7-9-17)20-11-4-5-12-20/h6-9,15,18-19H,3-5,10-14H2,1-2H3. The number of nitrogens with zero attached hydrogens (tertiary/aromatic N) is 2. The quantitative estimate of drug-likeness (QED) is 0.918. The summed E-state index contributed by atoms with van der Waals surface area (Å²) in [6.07, 6.45) is 3.94. The van der Waals surface area contributed by atoms with E-state index in [-0.39, 0.29) is 0 Å². The van der Waals surface area contributed by atoms with Gasteiger partial charge in [0.25, 0.3) is 0 Å². The lowest BCUT2D eigenvalue weighted by Crippen LogP contribution is -2.48. The van der Waals surface area contributed by atoms with Gasteiger partial charge in [0.15, 0.2) is 0 Å². The van der Waals surface area contributed by atoms with Crippen molar-refractivity contribution in [1.82, 2.24) is 5.32 Å². The van der Waals surface area contributed by atoms with E-state index < -0.39 is 0 Å². The van der Waals surface area contributed by atoms with Crippen molar-refractivity contribution in [2.24, 2.45) is 5.92 Å². The fraction of sp³-hybridized carbons (Fsp3) is 0.667. The first kappa shape index (κ1) is 14.7. The zero-order valence-electron chi connectivity index (χ0n) is 13.5. The van der Waals surface area contributed by atoms with Gasteiger partial charge in [-0.2, -0.15) is 0 Å². The molecule has 1 N–H and O–H groups in total. The number of hydrogen-bond acceptors (Lipinski definition) is 3. The number of benzene rings is 1. The van der Waals surface area contributed by atoms with Crippen LogP contribution in [-0.4, -0.2) is 38.8 Å². The molecule has 2 saturated heterocycles. The molecule has 2 aliphatic rings. The largest absolute Gasteiger partial charge is 0.372 e. The first-order chi connectivity index (χ1) is 10.3. The van der Waals surface area contributed by atoms with Gasteiger partial charge in [-0.25, -0.2) is 0 Å². The molecule has 0 amide bonds. The van der Waals surface area contributed by atoms with Crippen LogP contribution >= 0.6 is 0 Å². The topological polar surface area (TPSA) is 18.5 Å². The molecule has 2 heterocycles. The summed E-state index contributed by atoms with van der Waals surface area (Å²) in [6.45, 7) is 10.5. The van der Waals surface area contributed by atoms with E-state index in [1.165, 1.54) is 56.8 Å². The van der Waals surface area contributed by atoms with Gasteiger partial charge in [0.1, 0.15) is 0 Å². The Morgan fingerprint density at radius 2 is 1.62 bits per heavy atom. The Morgan fingerprint density at radius 1 is 1.00 bits per heavy atom. The summed E-state index contributed by atoms with van der Waals surface area (Å²) in [4.78, 5) is 5.05. The van der Waals surface area contributed by atoms with Crippen LogP contribution in [0.25, 0.3) is 0 Å². The van der Waals surface area contributed by atoms with Crippen molar-refractivity contribution in [2.45, 2.75) is 39.2 Å². The second-order valence-corrected chi connectivity index (χ2v) is 6.59. The van der Waals surface area contributed by atoms with Crippen LogP contribution in [0.3, 0.4) is 0 Å². The lowest BCUT2D eigenvalue weighted by atomic mass is 9.93. The van der Waals surface area contributed by atoms with Crippen molar-refractivity contribution < 1.29 is 0 Å². The van der Waals surface area contributed by atoms with E-state index in [1.807, 2.05) is 0 Å². The smallest absolute Gasteiger partial charge is 0.0367 e. The highest BCUT2D eigenvalue weighted by atomic mass is 15.2. The zero-order valence-corrected chi connectivity index (χ0v) is 13.5. The Balaban J connectivity index is 1.62. The normalized spacial score (nSPS) is 26.4. The molecule has 0 aliphatic carbocycles. The first-order valence-corrected chi connectivity index (χ1v) is 8.61. The number of hydrogen-bond donors (Lipinski definition) is 1. The average molecular weight is 287 g/mol. The molecular weight excluding hydrogens is 258 g/mol. The molecule has 2 atom stereocenters. The zero-order chi connectivity index (χ0) is 14.7. The minimum Gasteiger partial charge on any atom is -0.372 e. The first-order valence-electron chi connectivity index (χ1n) is 8.61. The molecule has 0 radical (unpaired) electrons. The third kappa shape index (κ3) is 3.34. The van der Waals surface area contributed by atoms with Gasteiger partial charge in [0.2, 0.25) is 0 Å². The Kier molecular flexibility index (Phi) is 4.69. The third-order valence-corrected chi connectivity index (χ3v) is 5.06. The maximum Gasteiger partial charge on any atom is 0.0367 e. The van der Waals surface area contributed by atoms with Gasteiger partial charge >= 0.3 is 0 Å². The molecule has 0 bridgehead atoms. The molecule has 2 fully saturated rings. The van der Waals surface area contributed by atoms with Crippen LogP contribution in [0, 0.1) is 5.92 Å². The van der Waals surface area contributed by atoms with Crippen LogP contribution < -0.4 is 15.1 Å². The fourth-order valence-electron chi connectivity index (χ4n) is 3.80. The van der Waals surface area contributed by atoms with E-state index >= 15 is 0 Å². The van der Waals surface area contributed by atoms with Crippen molar-refractivity contribution in [3.8, 4) is 0 Å². The van der Waals surface area contributed by atoms with E-state index in [9.17, 15) is 0 Å². The summed E-state index contributed by atoms with van der Waals surface area (Å²) in [5.74, 6) is 0.719. The third-order valence-electron chi connectivity index (χ3n) is 5.06. The van der Waals surface area contributed by atoms with E-state index in [2.05, 4.69) is 53.2 Å². The molecule has 116 valence electrons. The minimum absolute atomic E-state index is 0.690. The highest BCUT2D eigenvalue weighted by molar-refractivity contribution is 5.57. The summed E-state index contributed by atoms with van der Waals surface area (Å²) >= 11 is 0. The molecule has 0 saturated carbocycles. The molecular formula is C18H29N3. The number of rotatable bonds is 4. The van der Waals surface area contributed by atoms with Crippen LogP contribution in [0.5, 0.6) is 0 Å². The van der Waals surface area contributed by atoms with Crippen LogP contribution in [0.2, 0.25) is 0 Å². The van der Waals surface area contributed by atoms with Crippen molar-refractivity contribution >= 4 is 11.4 Å². The Bertz CT molecular complexity index is 436. The highest BCUT2D eigenvalue weighted by Crippen LogP contribution is 2.27. The monoisotopic (exact) mass is 287 g/mol. The lowest BCUT2D eigenvalue weighted by molar-refractivity contribution is 0.327. The van der Waals surface area contributed by atoms with E-state index in [0.717, 1.165) is 12.5 Å². The van der Waals surface area contributed by atoms with Crippen LogP contribution in [0.4, 0.5) is 11.4 Å². The van der Waals surface area contributed by atoms with E-state index in [4.69, 9.17) is 0 Å². The number of anilines is 2. The van der Waals surface area contributed by atoms with Gasteiger partial charge in [-0.15, -0.1) is 0 Å². The highest BCUT2D eigenvalue weighted by Gasteiger charge is 2.25. The molecule has 0 spiro atoms. The van der Waals surface area contributed by atoms with Gasteiger partial charge < -0.3 is 15.1 Å². The summed E-state index contributed by atoms with van der Waals surface area (Å²) in [7, 11) is 0. The summed E-state index contributed by atoms with van der Waals surface area (Å²) in [5, 5.41) is 3.62. The van der Waals surface area contributed by atoms with Crippen LogP contribution in [0.1, 0.15) is 33.1 Å². The molecule has 0 aromatic heterocycles. The molecule has 3 rings (SSSR count). The maximum absolute atomic E-state index is 3.62. The second kappa shape index (κ2) is 6.69. The minimum atomic E-state index is 0.690. The summed E-state index contributed by atoms with van der Waals surface area (Å²) in [5.41, 5.74) is 2.78. The number of piperidine rings is 1. The fourth-order valence-corrected chi connectivity index (χ4v) is 3.80. The molecule has 2 unspecified atom stereocenters. The van der Waals surface area contributed by atoms with Gasteiger partial charge in [0.05, 0.1) is 0 Å². The Morgan fingerprint density at radius 3 is 2.19 bits per heavy atom. The summed E-state index contributed by atoms with van der Waals surface area (Å²) in [6, 6.07) is 9.93. The van der Waals surface area contributed by atoms with Crippen molar-refractivity contribution in [2.75, 3.05) is 42.5 Å². The van der Waals surface area contributed by atoms with Gasteiger partial charge in [-0.3, -0.25) is 0 Å². The van der Waals surface area contributed by atoms with E-state index in [0.29, 0.717) is 6.04 Å². The Labute approximate surface area is 129 Å². The van der Waals surface area contributed by atoms with Crippen LogP contribution in [-0.2, 0) is 0 Å². The molecule has 21 heavy (non-hydrogen) atoms. The van der Waals surface area contributed by atoms with Gasteiger partial charge in [-0.1, -0.05) is 13.8 Å². The molecule has 2 aliphatic heterocycles. The maximum atomic E-state index is 3.62. The van der Waals surface area contributed by atoms with E-state index in [1.54, 1.807) is 0 Å². The predicted octanol–water partition coefficient (Wildman–Crippen LogP) is 3.11. The Hall–Kier alpha value is -1.22. The molecule has 1 aromatic rings. The molecule has 3 nitrogen and oxygen atoms in total. The van der Waals surface area contributed by atoms with Crippen LogP contribution in [0.15, 0.2) is 24.3 Å².